The van der Waals surface area contributed by atoms with Crippen LogP contribution in [0.4, 0.5) is 0 Å². The van der Waals surface area contributed by atoms with Crippen LogP contribution in [0.25, 0.3) is 0 Å². The van der Waals surface area contributed by atoms with Gasteiger partial charge >= 0.3 is 0 Å². The summed E-state index contributed by atoms with van der Waals surface area (Å²) < 4.78 is 14.7. The fourth-order valence-electron chi connectivity index (χ4n) is 3.77. The van der Waals surface area contributed by atoms with Crippen LogP contribution in [0.5, 0.6) is 0 Å². The van der Waals surface area contributed by atoms with Gasteiger partial charge in [-0.2, -0.15) is 0 Å². The number of nitrogens with zero attached hydrogens (tertiary/aromatic N) is 1. The average Bonchev–Trinajstić information content (AvgIpc) is 3.18. The third-order valence-electron chi connectivity index (χ3n) is 4.69. The third-order valence-corrected chi connectivity index (χ3v) is 6.34. The number of benzene rings is 2. The van der Waals surface area contributed by atoms with Crippen molar-refractivity contribution in [1.29, 1.82) is 0 Å². The molecule has 0 bridgehead atoms. The first-order valence-electron chi connectivity index (χ1n) is 7.77. The van der Waals surface area contributed by atoms with Gasteiger partial charge in [-0.15, -0.1) is 0 Å². The molecule has 0 spiro atoms. The number of hydrogen-bond donors (Lipinski definition) is 0. The highest BCUT2D eigenvalue weighted by Crippen LogP contribution is 2.64. The molecule has 4 heteroatoms. The highest BCUT2D eigenvalue weighted by atomic mass is 31.2. The summed E-state index contributed by atoms with van der Waals surface area (Å²) in [5, 5.41) is 0. The van der Waals surface area contributed by atoms with Gasteiger partial charge in [0, 0.05) is 13.7 Å². The summed E-state index contributed by atoms with van der Waals surface area (Å²) in [5.41, 5.74) is 2.03. The predicted molar refractivity (Wildman–Crippen MR) is 88.4 cm³/mol. The molecular weight excluding hydrogens is 293 g/mol. The average molecular weight is 313 g/mol. The number of rotatable bonds is 3. The SMILES string of the molecule is COP1OC(c2ccccc2)(c2ccccc2)[C@@H]2CCCN21. The van der Waals surface area contributed by atoms with E-state index in [-0.39, 0.29) is 0 Å². The van der Waals surface area contributed by atoms with E-state index in [1.54, 1.807) is 7.11 Å². The first-order valence-corrected chi connectivity index (χ1v) is 8.90. The molecule has 0 aromatic heterocycles. The summed E-state index contributed by atoms with van der Waals surface area (Å²) in [7, 11) is 0.772. The fourth-order valence-corrected chi connectivity index (χ4v) is 5.55. The Hall–Kier alpha value is -1.25. The molecule has 0 saturated carbocycles. The van der Waals surface area contributed by atoms with Crippen molar-refractivity contribution in [3.63, 3.8) is 0 Å². The molecule has 2 heterocycles. The molecule has 2 aromatic carbocycles. The van der Waals surface area contributed by atoms with Gasteiger partial charge in [0.1, 0.15) is 5.60 Å². The summed E-state index contributed by atoms with van der Waals surface area (Å²) in [5.74, 6) is 0. The normalized spacial score (nSPS) is 27.0. The lowest BCUT2D eigenvalue weighted by Gasteiger charge is -2.34. The van der Waals surface area contributed by atoms with Gasteiger partial charge in [0.2, 0.25) is 0 Å². The highest BCUT2D eigenvalue weighted by molar-refractivity contribution is 7.45. The summed E-state index contributed by atoms with van der Waals surface area (Å²) in [6.45, 7) is 1.06. The standard InChI is InChI=1S/C18H20NO2P/c1-20-22-19-14-8-13-17(19)18(21-22,15-9-4-2-5-10-15)16-11-6-3-7-12-16/h2-7,9-12,17H,8,13-14H2,1H3/t17-,22?/m0/s1. The van der Waals surface area contributed by atoms with E-state index in [1.807, 2.05) is 0 Å². The quantitative estimate of drug-likeness (QED) is 0.789. The Labute approximate surface area is 132 Å². The van der Waals surface area contributed by atoms with E-state index in [2.05, 4.69) is 65.3 Å². The van der Waals surface area contributed by atoms with Crippen LogP contribution >= 0.6 is 8.53 Å². The van der Waals surface area contributed by atoms with E-state index in [0.717, 1.165) is 13.0 Å². The van der Waals surface area contributed by atoms with Crippen LogP contribution in [-0.4, -0.2) is 24.4 Å². The molecular formula is C18H20NO2P. The molecule has 2 fully saturated rings. The maximum atomic E-state index is 6.61. The molecule has 0 radical (unpaired) electrons. The van der Waals surface area contributed by atoms with Crippen molar-refractivity contribution >= 4 is 8.53 Å². The lowest BCUT2D eigenvalue weighted by molar-refractivity contribution is 0.105. The number of fused-ring (bicyclic) bond motifs is 1. The van der Waals surface area contributed by atoms with E-state index in [4.69, 9.17) is 9.05 Å². The second kappa shape index (κ2) is 5.75. The molecule has 4 rings (SSSR count). The van der Waals surface area contributed by atoms with Crippen LogP contribution in [-0.2, 0) is 14.6 Å². The molecule has 2 atom stereocenters. The topological polar surface area (TPSA) is 21.7 Å². The second-order valence-corrected chi connectivity index (χ2v) is 7.34. The lowest BCUT2D eigenvalue weighted by Crippen LogP contribution is -2.40. The molecule has 2 aromatic rings. The molecule has 22 heavy (non-hydrogen) atoms. The summed E-state index contributed by atoms with van der Waals surface area (Å²) in [6, 6.07) is 21.6. The van der Waals surface area contributed by atoms with Crippen molar-refractivity contribution in [1.82, 2.24) is 4.67 Å². The van der Waals surface area contributed by atoms with Gasteiger partial charge in [-0.25, -0.2) is 4.67 Å². The van der Waals surface area contributed by atoms with Gasteiger partial charge in [0.25, 0.3) is 8.53 Å². The van der Waals surface area contributed by atoms with Gasteiger partial charge < -0.3 is 9.05 Å². The summed E-state index contributed by atoms with van der Waals surface area (Å²) in [6.07, 6.45) is 2.35. The first kappa shape index (κ1) is 14.3. The van der Waals surface area contributed by atoms with E-state index >= 15 is 0 Å². The minimum Gasteiger partial charge on any atom is -0.325 e. The Morgan fingerprint density at radius 2 is 1.64 bits per heavy atom. The molecule has 2 aliphatic heterocycles. The molecule has 0 aliphatic carbocycles. The molecule has 0 N–H and O–H groups in total. The van der Waals surface area contributed by atoms with Crippen molar-refractivity contribution in [3.05, 3.63) is 71.8 Å². The highest BCUT2D eigenvalue weighted by Gasteiger charge is 2.58. The third kappa shape index (κ3) is 2.04. The zero-order chi connectivity index (χ0) is 15.0. The van der Waals surface area contributed by atoms with Gasteiger partial charge in [-0.1, -0.05) is 60.7 Å². The maximum absolute atomic E-state index is 6.61. The molecule has 0 amide bonds. The minimum absolute atomic E-state index is 0.350. The zero-order valence-corrected chi connectivity index (χ0v) is 13.6. The van der Waals surface area contributed by atoms with Crippen molar-refractivity contribution in [3.8, 4) is 0 Å². The van der Waals surface area contributed by atoms with Crippen molar-refractivity contribution < 1.29 is 9.05 Å². The fraction of sp³-hybridized carbons (Fsp3) is 0.333. The van der Waals surface area contributed by atoms with Gasteiger partial charge in [-0.3, -0.25) is 0 Å². The Bertz CT molecular complexity index is 595. The van der Waals surface area contributed by atoms with Crippen LogP contribution < -0.4 is 0 Å². The van der Waals surface area contributed by atoms with Crippen LogP contribution in [0.15, 0.2) is 60.7 Å². The van der Waals surface area contributed by atoms with E-state index < -0.39 is 14.1 Å². The summed E-state index contributed by atoms with van der Waals surface area (Å²) in [4.78, 5) is 0. The smallest absolute Gasteiger partial charge is 0.260 e. The van der Waals surface area contributed by atoms with Gasteiger partial charge in [0.05, 0.1) is 6.04 Å². The van der Waals surface area contributed by atoms with E-state index in [1.165, 1.54) is 17.5 Å². The van der Waals surface area contributed by atoms with Crippen molar-refractivity contribution in [2.24, 2.45) is 0 Å². The molecule has 3 nitrogen and oxygen atoms in total. The minimum atomic E-state index is -0.985. The van der Waals surface area contributed by atoms with Gasteiger partial charge in [-0.05, 0) is 24.0 Å². The maximum Gasteiger partial charge on any atom is 0.260 e. The van der Waals surface area contributed by atoms with Gasteiger partial charge in [0.15, 0.2) is 0 Å². The van der Waals surface area contributed by atoms with E-state index in [0.29, 0.717) is 6.04 Å². The lowest BCUT2D eigenvalue weighted by atomic mass is 9.79. The van der Waals surface area contributed by atoms with Crippen LogP contribution in [0.2, 0.25) is 0 Å². The Balaban J connectivity index is 1.90. The Morgan fingerprint density at radius 3 is 2.18 bits per heavy atom. The van der Waals surface area contributed by atoms with Crippen molar-refractivity contribution in [2.45, 2.75) is 24.5 Å². The second-order valence-electron chi connectivity index (χ2n) is 5.80. The monoisotopic (exact) mass is 313 g/mol. The van der Waals surface area contributed by atoms with E-state index in [9.17, 15) is 0 Å². The number of hydrogen-bond acceptors (Lipinski definition) is 3. The van der Waals surface area contributed by atoms with Crippen LogP contribution in [0, 0.1) is 0 Å². The molecule has 114 valence electrons. The Morgan fingerprint density at radius 1 is 1.05 bits per heavy atom. The first-order chi connectivity index (χ1) is 10.9. The largest absolute Gasteiger partial charge is 0.325 e. The Kier molecular flexibility index (Phi) is 3.75. The van der Waals surface area contributed by atoms with Crippen molar-refractivity contribution in [2.75, 3.05) is 13.7 Å². The van der Waals surface area contributed by atoms with Crippen LogP contribution in [0.3, 0.4) is 0 Å². The van der Waals surface area contributed by atoms with Crippen LogP contribution in [0.1, 0.15) is 24.0 Å². The molecule has 2 saturated heterocycles. The zero-order valence-electron chi connectivity index (χ0n) is 12.7. The molecule has 2 aliphatic rings. The predicted octanol–water partition coefficient (Wildman–Crippen LogP) is 4.30. The molecule has 1 unspecified atom stereocenters. The summed E-state index contributed by atoms with van der Waals surface area (Å²) >= 11 is 0.